The number of anilines is 1. The normalized spacial score (nSPS) is 10.1. The lowest BCUT2D eigenvalue weighted by Crippen LogP contribution is -2.20. The van der Waals surface area contributed by atoms with Crippen molar-refractivity contribution in [1.82, 2.24) is 5.43 Å². The SMILES string of the molecule is NNCc1ccc(C(=O)Nc2ccccc2)cc1. The zero-order valence-corrected chi connectivity index (χ0v) is 9.89. The fraction of sp³-hybridized carbons (Fsp3) is 0.0714. The standard InChI is InChI=1S/C14H15N3O/c15-16-10-11-6-8-12(9-7-11)14(18)17-13-4-2-1-3-5-13/h1-9,16H,10,15H2,(H,17,18). The second-order valence-electron chi connectivity index (χ2n) is 3.90. The lowest BCUT2D eigenvalue weighted by atomic mass is 10.1. The fourth-order valence-corrected chi connectivity index (χ4v) is 1.62. The van der Waals surface area contributed by atoms with Crippen molar-refractivity contribution in [3.05, 3.63) is 65.7 Å². The van der Waals surface area contributed by atoms with Crippen LogP contribution < -0.4 is 16.6 Å². The molecule has 0 saturated heterocycles. The van der Waals surface area contributed by atoms with E-state index in [-0.39, 0.29) is 5.91 Å². The Morgan fingerprint density at radius 2 is 1.67 bits per heavy atom. The zero-order valence-electron chi connectivity index (χ0n) is 9.89. The predicted molar refractivity (Wildman–Crippen MR) is 71.9 cm³/mol. The molecule has 0 spiro atoms. The van der Waals surface area contributed by atoms with E-state index < -0.39 is 0 Å². The summed E-state index contributed by atoms with van der Waals surface area (Å²) in [4.78, 5) is 11.9. The van der Waals surface area contributed by atoms with Gasteiger partial charge in [0.1, 0.15) is 0 Å². The number of para-hydroxylation sites is 1. The van der Waals surface area contributed by atoms with Crippen molar-refractivity contribution in [2.45, 2.75) is 6.54 Å². The average Bonchev–Trinajstić information content (AvgIpc) is 2.41. The number of carbonyl (C=O) groups is 1. The van der Waals surface area contributed by atoms with Crippen molar-refractivity contribution < 1.29 is 4.79 Å². The van der Waals surface area contributed by atoms with Crippen molar-refractivity contribution in [2.75, 3.05) is 5.32 Å². The molecular weight excluding hydrogens is 226 g/mol. The average molecular weight is 241 g/mol. The molecular formula is C14H15N3O. The Morgan fingerprint density at radius 3 is 2.28 bits per heavy atom. The maximum atomic E-state index is 11.9. The second-order valence-corrected chi connectivity index (χ2v) is 3.90. The summed E-state index contributed by atoms with van der Waals surface area (Å²) in [7, 11) is 0. The Bertz CT molecular complexity index is 508. The lowest BCUT2D eigenvalue weighted by Gasteiger charge is -2.06. The highest BCUT2D eigenvalue weighted by Gasteiger charge is 2.05. The first-order valence-corrected chi connectivity index (χ1v) is 5.68. The minimum absolute atomic E-state index is 0.117. The minimum atomic E-state index is -0.117. The summed E-state index contributed by atoms with van der Waals surface area (Å²) in [6.07, 6.45) is 0. The van der Waals surface area contributed by atoms with E-state index in [0.717, 1.165) is 11.3 Å². The molecule has 0 saturated carbocycles. The van der Waals surface area contributed by atoms with E-state index in [9.17, 15) is 4.79 Å². The van der Waals surface area contributed by atoms with E-state index in [4.69, 9.17) is 5.84 Å². The summed E-state index contributed by atoms with van der Waals surface area (Å²) >= 11 is 0. The summed E-state index contributed by atoms with van der Waals surface area (Å²) in [5.74, 6) is 5.11. The molecule has 2 rings (SSSR count). The van der Waals surface area contributed by atoms with Crippen LogP contribution in [0, 0.1) is 0 Å². The Labute approximate surface area is 106 Å². The Morgan fingerprint density at radius 1 is 1.00 bits per heavy atom. The van der Waals surface area contributed by atoms with Crippen LogP contribution in [-0.2, 0) is 6.54 Å². The van der Waals surface area contributed by atoms with E-state index in [0.29, 0.717) is 12.1 Å². The number of carbonyl (C=O) groups excluding carboxylic acids is 1. The van der Waals surface area contributed by atoms with E-state index in [1.165, 1.54) is 0 Å². The van der Waals surface area contributed by atoms with E-state index in [2.05, 4.69) is 10.7 Å². The van der Waals surface area contributed by atoms with Gasteiger partial charge in [0.05, 0.1) is 0 Å². The number of nitrogens with two attached hydrogens (primary N) is 1. The van der Waals surface area contributed by atoms with Crippen LogP contribution in [0.2, 0.25) is 0 Å². The molecule has 0 aromatic heterocycles. The molecule has 0 atom stereocenters. The van der Waals surface area contributed by atoms with Crippen molar-refractivity contribution in [1.29, 1.82) is 0 Å². The third-order valence-corrected chi connectivity index (χ3v) is 2.55. The quantitative estimate of drug-likeness (QED) is 0.565. The van der Waals surface area contributed by atoms with Crippen LogP contribution in [0.4, 0.5) is 5.69 Å². The number of hydrogen-bond donors (Lipinski definition) is 3. The zero-order chi connectivity index (χ0) is 12.8. The van der Waals surface area contributed by atoms with Crippen LogP contribution in [0.1, 0.15) is 15.9 Å². The molecule has 0 aliphatic heterocycles. The van der Waals surface area contributed by atoms with Gasteiger partial charge in [-0.15, -0.1) is 0 Å². The van der Waals surface area contributed by atoms with Crippen molar-refractivity contribution in [2.24, 2.45) is 5.84 Å². The van der Waals surface area contributed by atoms with E-state index in [1.807, 2.05) is 42.5 Å². The van der Waals surface area contributed by atoms with Crippen molar-refractivity contribution in [3.63, 3.8) is 0 Å². The summed E-state index contributed by atoms with van der Waals surface area (Å²) in [5, 5.41) is 2.83. The Kier molecular flexibility index (Phi) is 4.06. The second kappa shape index (κ2) is 5.95. The lowest BCUT2D eigenvalue weighted by molar-refractivity contribution is 0.102. The molecule has 0 fully saturated rings. The number of rotatable bonds is 4. The van der Waals surface area contributed by atoms with Gasteiger partial charge in [-0.05, 0) is 29.8 Å². The summed E-state index contributed by atoms with van der Waals surface area (Å²) < 4.78 is 0. The number of hydrogen-bond acceptors (Lipinski definition) is 3. The molecule has 0 aliphatic rings. The Hall–Kier alpha value is -2.17. The van der Waals surface area contributed by atoms with Crippen LogP contribution in [0.25, 0.3) is 0 Å². The first kappa shape index (κ1) is 12.3. The van der Waals surface area contributed by atoms with Gasteiger partial charge in [-0.2, -0.15) is 0 Å². The smallest absolute Gasteiger partial charge is 0.255 e. The molecule has 0 unspecified atom stereocenters. The van der Waals surface area contributed by atoms with Crippen LogP contribution >= 0.6 is 0 Å². The van der Waals surface area contributed by atoms with Gasteiger partial charge in [0, 0.05) is 17.8 Å². The monoisotopic (exact) mass is 241 g/mol. The predicted octanol–water partition coefficient (Wildman–Crippen LogP) is 1.90. The van der Waals surface area contributed by atoms with Gasteiger partial charge in [-0.3, -0.25) is 16.1 Å². The number of nitrogens with one attached hydrogen (secondary N) is 2. The largest absolute Gasteiger partial charge is 0.322 e. The molecule has 1 amide bonds. The highest BCUT2D eigenvalue weighted by atomic mass is 16.1. The first-order chi connectivity index (χ1) is 8.79. The van der Waals surface area contributed by atoms with Crippen LogP contribution in [-0.4, -0.2) is 5.91 Å². The Balaban J connectivity index is 2.05. The number of benzene rings is 2. The fourth-order valence-electron chi connectivity index (χ4n) is 1.62. The summed E-state index contributed by atoms with van der Waals surface area (Å²) in [6, 6.07) is 16.7. The third-order valence-electron chi connectivity index (χ3n) is 2.55. The van der Waals surface area contributed by atoms with Gasteiger partial charge in [0.2, 0.25) is 0 Å². The maximum absolute atomic E-state index is 11.9. The van der Waals surface area contributed by atoms with Crippen molar-refractivity contribution >= 4 is 11.6 Å². The van der Waals surface area contributed by atoms with Gasteiger partial charge < -0.3 is 5.32 Å². The highest BCUT2D eigenvalue weighted by molar-refractivity contribution is 6.04. The molecule has 2 aromatic carbocycles. The topological polar surface area (TPSA) is 67.1 Å². The molecule has 0 aliphatic carbocycles. The molecule has 4 nitrogen and oxygen atoms in total. The van der Waals surface area contributed by atoms with Crippen LogP contribution in [0.5, 0.6) is 0 Å². The van der Waals surface area contributed by atoms with E-state index in [1.54, 1.807) is 12.1 Å². The molecule has 0 radical (unpaired) electrons. The van der Waals surface area contributed by atoms with Gasteiger partial charge in [-0.1, -0.05) is 30.3 Å². The highest BCUT2D eigenvalue weighted by Crippen LogP contribution is 2.09. The third kappa shape index (κ3) is 3.16. The van der Waals surface area contributed by atoms with E-state index >= 15 is 0 Å². The molecule has 4 N–H and O–H groups in total. The maximum Gasteiger partial charge on any atom is 0.255 e. The van der Waals surface area contributed by atoms with Gasteiger partial charge in [0.25, 0.3) is 5.91 Å². The molecule has 0 heterocycles. The number of amides is 1. The van der Waals surface area contributed by atoms with Crippen LogP contribution in [0.15, 0.2) is 54.6 Å². The summed E-state index contributed by atoms with van der Waals surface area (Å²) in [6.45, 7) is 0.584. The molecule has 92 valence electrons. The van der Waals surface area contributed by atoms with Gasteiger partial charge >= 0.3 is 0 Å². The minimum Gasteiger partial charge on any atom is -0.322 e. The molecule has 0 bridgehead atoms. The van der Waals surface area contributed by atoms with Gasteiger partial charge in [0.15, 0.2) is 0 Å². The molecule has 2 aromatic rings. The molecule has 18 heavy (non-hydrogen) atoms. The first-order valence-electron chi connectivity index (χ1n) is 5.68. The van der Waals surface area contributed by atoms with Gasteiger partial charge in [-0.25, -0.2) is 0 Å². The summed E-state index contributed by atoms with van der Waals surface area (Å²) in [5.41, 5.74) is 5.02. The number of hydrazine groups is 1. The van der Waals surface area contributed by atoms with Crippen LogP contribution in [0.3, 0.4) is 0 Å². The molecule has 4 heteroatoms. The van der Waals surface area contributed by atoms with Crippen molar-refractivity contribution in [3.8, 4) is 0 Å².